The fourth-order valence-electron chi connectivity index (χ4n) is 3.47. The third kappa shape index (κ3) is 3.36. The van der Waals surface area contributed by atoms with Crippen LogP contribution >= 0.6 is 0 Å². The van der Waals surface area contributed by atoms with Crippen molar-refractivity contribution in [2.45, 2.75) is 52.5 Å². The van der Waals surface area contributed by atoms with Gasteiger partial charge < -0.3 is 10.0 Å². The number of carbonyl (C=O) groups is 2. The normalized spacial score (nSPS) is 13.1. The molecule has 0 bridgehead atoms. The first kappa shape index (κ1) is 18.2. The van der Waals surface area contributed by atoms with E-state index < -0.39 is 5.97 Å². The van der Waals surface area contributed by atoms with E-state index in [-0.39, 0.29) is 18.5 Å². The molecule has 0 fully saturated rings. The quantitative estimate of drug-likeness (QED) is 0.864. The van der Waals surface area contributed by atoms with E-state index in [1.165, 1.54) is 10.5 Å². The van der Waals surface area contributed by atoms with Gasteiger partial charge in [0.15, 0.2) is 5.69 Å². The van der Waals surface area contributed by atoms with Crippen LogP contribution in [0.5, 0.6) is 0 Å². The Labute approximate surface area is 153 Å². The highest BCUT2D eigenvalue weighted by Gasteiger charge is 2.31. The number of carboxylic acids is 1. The maximum Gasteiger partial charge on any atom is 0.323 e. The molecule has 1 heterocycles. The minimum atomic E-state index is -1.02. The van der Waals surface area contributed by atoms with E-state index >= 15 is 0 Å². The van der Waals surface area contributed by atoms with Crippen LogP contribution in [0.4, 0.5) is 0 Å². The third-order valence-corrected chi connectivity index (χ3v) is 4.91. The number of amides is 1. The van der Waals surface area contributed by atoms with Crippen LogP contribution in [0.1, 0.15) is 54.5 Å². The van der Waals surface area contributed by atoms with Crippen molar-refractivity contribution in [3.05, 3.63) is 46.8 Å². The molecular formula is C20H25N3O3. The molecule has 1 aromatic heterocycles. The monoisotopic (exact) mass is 355 g/mol. The predicted molar refractivity (Wildman–Crippen MR) is 98.8 cm³/mol. The zero-order chi connectivity index (χ0) is 18.8. The van der Waals surface area contributed by atoms with E-state index in [0.29, 0.717) is 5.69 Å². The van der Waals surface area contributed by atoms with Crippen molar-refractivity contribution in [1.29, 1.82) is 0 Å². The molecule has 138 valence electrons. The Bertz CT molecular complexity index is 822. The number of aliphatic carboxylic acids is 1. The molecular weight excluding hydrogens is 330 g/mol. The van der Waals surface area contributed by atoms with Crippen LogP contribution in [0, 0.1) is 0 Å². The summed E-state index contributed by atoms with van der Waals surface area (Å²) in [6.07, 6.45) is 3.65. The number of carbonyl (C=O) groups excluding carboxylic acids is 1. The van der Waals surface area contributed by atoms with Gasteiger partial charge in [0, 0.05) is 17.3 Å². The van der Waals surface area contributed by atoms with E-state index in [2.05, 4.69) is 24.2 Å². The molecule has 0 saturated carbocycles. The summed E-state index contributed by atoms with van der Waals surface area (Å²) in [4.78, 5) is 25.5. The summed E-state index contributed by atoms with van der Waals surface area (Å²) in [6, 6.07) is 7.99. The van der Waals surface area contributed by atoms with Crippen LogP contribution in [0.3, 0.4) is 0 Å². The van der Waals surface area contributed by atoms with E-state index in [1.807, 2.05) is 30.7 Å². The second-order valence-corrected chi connectivity index (χ2v) is 6.98. The molecule has 0 aliphatic heterocycles. The Morgan fingerprint density at radius 2 is 1.92 bits per heavy atom. The molecule has 1 aromatic carbocycles. The number of hydrogen-bond acceptors (Lipinski definition) is 3. The number of hydrogen-bond donors (Lipinski definition) is 1. The van der Waals surface area contributed by atoms with E-state index in [1.54, 1.807) is 0 Å². The van der Waals surface area contributed by atoms with E-state index in [4.69, 9.17) is 5.11 Å². The van der Waals surface area contributed by atoms with Crippen LogP contribution < -0.4 is 0 Å². The van der Waals surface area contributed by atoms with Crippen LogP contribution in [-0.2, 0) is 24.1 Å². The summed E-state index contributed by atoms with van der Waals surface area (Å²) in [5.74, 6) is -1.32. The van der Waals surface area contributed by atoms with E-state index in [9.17, 15) is 9.59 Å². The number of benzene rings is 1. The fraction of sp³-hybridized carbons (Fsp3) is 0.450. The number of rotatable bonds is 6. The van der Waals surface area contributed by atoms with Crippen molar-refractivity contribution in [3.63, 3.8) is 0 Å². The molecule has 1 aliphatic rings. The molecule has 0 radical (unpaired) electrons. The van der Waals surface area contributed by atoms with Gasteiger partial charge in [-0.2, -0.15) is 5.10 Å². The average Bonchev–Trinajstić information content (AvgIpc) is 3.21. The van der Waals surface area contributed by atoms with Gasteiger partial charge in [0.2, 0.25) is 0 Å². The fourth-order valence-corrected chi connectivity index (χ4v) is 3.47. The van der Waals surface area contributed by atoms with Crippen LogP contribution in [0.15, 0.2) is 24.3 Å². The van der Waals surface area contributed by atoms with Crippen LogP contribution in [0.2, 0.25) is 0 Å². The van der Waals surface area contributed by atoms with Crippen LogP contribution in [0.25, 0.3) is 5.69 Å². The van der Waals surface area contributed by atoms with E-state index in [0.717, 1.165) is 42.6 Å². The molecule has 2 aromatic rings. The second-order valence-electron chi connectivity index (χ2n) is 6.98. The van der Waals surface area contributed by atoms with Gasteiger partial charge in [0.25, 0.3) is 5.91 Å². The molecule has 0 atom stereocenters. The van der Waals surface area contributed by atoms with Crippen molar-refractivity contribution >= 4 is 11.9 Å². The van der Waals surface area contributed by atoms with Crippen molar-refractivity contribution in [3.8, 4) is 5.69 Å². The molecule has 6 heteroatoms. The Balaban J connectivity index is 2.01. The summed E-state index contributed by atoms with van der Waals surface area (Å²) in [5, 5.41) is 13.7. The number of carboxylic acid groups (broad SMARTS) is 1. The van der Waals surface area contributed by atoms with Crippen molar-refractivity contribution < 1.29 is 14.7 Å². The molecule has 0 spiro atoms. The van der Waals surface area contributed by atoms with Gasteiger partial charge in [-0.1, -0.05) is 19.1 Å². The molecule has 1 N–H and O–H groups in total. The average molecular weight is 355 g/mol. The zero-order valence-electron chi connectivity index (χ0n) is 15.5. The standard InChI is InChI=1S/C20H25N3O3/c1-4-14-8-10-15(11-9-14)23-17-7-5-6-16(17)19(21-23)20(26)22(13(2)3)12-18(24)25/h8-11,13H,4-7,12H2,1-3H3,(H,24,25). The first-order chi connectivity index (χ1) is 12.4. The van der Waals surface area contributed by atoms with Gasteiger partial charge in [-0.15, -0.1) is 0 Å². The van der Waals surface area contributed by atoms with Gasteiger partial charge in [-0.05, 0) is 57.2 Å². The number of aryl methyl sites for hydroxylation is 1. The number of aromatic nitrogens is 2. The Morgan fingerprint density at radius 1 is 1.23 bits per heavy atom. The molecule has 0 unspecified atom stereocenters. The zero-order valence-corrected chi connectivity index (χ0v) is 15.5. The second kappa shape index (κ2) is 7.32. The molecule has 26 heavy (non-hydrogen) atoms. The number of fused-ring (bicyclic) bond motifs is 1. The summed E-state index contributed by atoms with van der Waals surface area (Å²) >= 11 is 0. The largest absolute Gasteiger partial charge is 0.480 e. The lowest BCUT2D eigenvalue weighted by Gasteiger charge is -2.24. The lowest BCUT2D eigenvalue weighted by Crippen LogP contribution is -2.41. The molecule has 0 saturated heterocycles. The highest BCUT2D eigenvalue weighted by molar-refractivity contribution is 5.96. The van der Waals surface area contributed by atoms with Gasteiger partial charge in [0.05, 0.1) is 5.69 Å². The lowest BCUT2D eigenvalue weighted by molar-refractivity contribution is -0.138. The van der Waals surface area contributed by atoms with Crippen LogP contribution in [-0.4, -0.2) is 44.3 Å². The smallest absolute Gasteiger partial charge is 0.323 e. The minimum absolute atomic E-state index is 0.204. The maximum atomic E-state index is 13.0. The predicted octanol–water partition coefficient (Wildman–Crippen LogP) is 2.86. The molecule has 1 aliphatic carbocycles. The Kier molecular flexibility index (Phi) is 5.11. The van der Waals surface area contributed by atoms with Crippen molar-refractivity contribution in [1.82, 2.24) is 14.7 Å². The first-order valence-corrected chi connectivity index (χ1v) is 9.15. The highest BCUT2D eigenvalue weighted by atomic mass is 16.4. The molecule has 3 rings (SSSR count). The summed E-state index contributed by atoms with van der Waals surface area (Å²) in [7, 11) is 0. The summed E-state index contributed by atoms with van der Waals surface area (Å²) in [5.41, 5.74) is 4.62. The Hall–Kier alpha value is -2.63. The summed E-state index contributed by atoms with van der Waals surface area (Å²) < 4.78 is 1.86. The van der Waals surface area contributed by atoms with Gasteiger partial charge in [-0.3, -0.25) is 9.59 Å². The van der Waals surface area contributed by atoms with Crippen molar-refractivity contribution in [2.24, 2.45) is 0 Å². The summed E-state index contributed by atoms with van der Waals surface area (Å²) in [6.45, 7) is 5.44. The minimum Gasteiger partial charge on any atom is -0.480 e. The topological polar surface area (TPSA) is 75.4 Å². The first-order valence-electron chi connectivity index (χ1n) is 9.15. The molecule has 6 nitrogen and oxygen atoms in total. The maximum absolute atomic E-state index is 13.0. The Morgan fingerprint density at radius 3 is 2.50 bits per heavy atom. The lowest BCUT2D eigenvalue weighted by atomic mass is 10.1. The van der Waals surface area contributed by atoms with Gasteiger partial charge in [-0.25, -0.2) is 4.68 Å². The van der Waals surface area contributed by atoms with Crippen molar-refractivity contribution in [2.75, 3.05) is 6.54 Å². The SMILES string of the molecule is CCc1ccc(-n2nc(C(=O)N(CC(=O)O)C(C)C)c3c2CCC3)cc1. The number of nitrogens with zero attached hydrogens (tertiary/aromatic N) is 3. The van der Waals surface area contributed by atoms with Gasteiger partial charge >= 0.3 is 5.97 Å². The highest BCUT2D eigenvalue weighted by Crippen LogP contribution is 2.29. The molecule has 1 amide bonds. The van der Waals surface area contributed by atoms with Gasteiger partial charge in [0.1, 0.15) is 6.54 Å². The third-order valence-electron chi connectivity index (χ3n) is 4.91.